The van der Waals surface area contributed by atoms with Crippen LogP contribution in [0.5, 0.6) is 0 Å². The van der Waals surface area contributed by atoms with Crippen LogP contribution >= 0.6 is 23.7 Å². The van der Waals surface area contributed by atoms with Crippen molar-refractivity contribution in [3.05, 3.63) is 22.4 Å². The van der Waals surface area contributed by atoms with Gasteiger partial charge in [0.15, 0.2) is 0 Å². The van der Waals surface area contributed by atoms with Gasteiger partial charge in [0, 0.05) is 10.9 Å². The molecule has 1 rings (SSSR count). The highest BCUT2D eigenvalue weighted by atomic mass is 35.5. The highest BCUT2D eigenvalue weighted by Gasteiger charge is 2.20. The van der Waals surface area contributed by atoms with Crippen LogP contribution in [0, 0.1) is 0 Å². The Morgan fingerprint density at radius 2 is 2.12 bits per heavy atom. The van der Waals surface area contributed by atoms with Crippen LogP contribution in [0.4, 0.5) is 0 Å². The quantitative estimate of drug-likeness (QED) is 0.905. The summed E-state index contributed by atoms with van der Waals surface area (Å²) in [6.07, 6.45) is 0. The molecular weight excluding hydrogens is 244 g/mol. The van der Waals surface area contributed by atoms with Gasteiger partial charge in [0.05, 0.1) is 12.6 Å². The largest absolute Gasteiger partial charge is 0.334 e. The minimum absolute atomic E-state index is 0. The van der Waals surface area contributed by atoms with Gasteiger partial charge in [-0.1, -0.05) is 6.07 Å². The van der Waals surface area contributed by atoms with Crippen LogP contribution in [0.3, 0.4) is 0 Å². The van der Waals surface area contributed by atoms with Crippen molar-refractivity contribution in [3.63, 3.8) is 0 Å². The van der Waals surface area contributed by atoms with Crippen molar-refractivity contribution in [2.45, 2.75) is 39.4 Å². The molecule has 0 saturated heterocycles. The molecule has 1 aromatic rings. The van der Waals surface area contributed by atoms with Crippen LogP contribution in [-0.2, 0) is 11.3 Å². The summed E-state index contributed by atoms with van der Waals surface area (Å²) in [7, 11) is 0. The van der Waals surface area contributed by atoms with Gasteiger partial charge in [-0.25, -0.2) is 0 Å². The van der Waals surface area contributed by atoms with E-state index in [0.717, 1.165) is 0 Å². The molecule has 3 nitrogen and oxygen atoms in total. The van der Waals surface area contributed by atoms with Crippen molar-refractivity contribution in [2.75, 3.05) is 0 Å². The molecule has 2 N–H and O–H groups in total. The highest BCUT2D eigenvalue weighted by Crippen LogP contribution is 2.14. The number of carbonyl (C=O) groups is 1. The molecule has 1 atom stereocenters. The molecule has 5 heteroatoms. The van der Waals surface area contributed by atoms with Crippen LogP contribution in [-0.4, -0.2) is 22.9 Å². The Kier molecular flexibility index (Phi) is 6.64. The third kappa shape index (κ3) is 4.12. The van der Waals surface area contributed by atoms with Gasteiger partial charge in [-0.15, -0.1) is 23.7 Å². The summed E-state index contributed by atoms with van der Waals surface area (Å²) in [5.74, 6) is 0.0124. The molecule has 0 aliphatic heterocycles. The van der Waals surface area contributed by atoms with E-state index in [-0.39, 0.29) is 24.4 Å². The number of nitrogens with zero attached hydrogens (tertiary/aromatic N) is 1. The van der Waals surface area contributed by atoms with E-state index < -0.39 is 6.04 Å². The normalized spacial score (nSPS) is 12.1. The lowest BCUT2D eigenvalue weighted by Crippen LogP contribution is -2.44. The van der Waals surface area contributed by atoms with Crippen molar-refractivity contribution in [1.29, 1.82) is 0 Å². The minimum Gasteiger partial charge on any atom is -0.334 e. The van der Waals surface area contributed by atoms with Gasteiger partial charge >= 0.3 is 0 Å². The second kappa shape index (κ2) is 6.89. The SMILES string of the molecule is CC(C)N(Cc1cccs1)C(=O)[C@@H](C)N.Cl. The molecular formula is C11H19ClN2OS. The summed E-state index contributed by atoms with van der Waals surface area (Å²) in [5, 5.41) is 2.02. The molecule has 1 amide bonds. The Hall–Kier alpha value is -0.580. The van der Waals surface area contributed by atoms with Crippen LogP contribution in [0.2, 0.25) is 0 Å². The number of hydrogen-bond donors (Lipinski definition) is 1. The average Bonchev–Trinajstić information content (AvgIpc) is 2.64. The molecule has 1 heterocycles. The number of nitrogens with two attached hydrogens (primary N) is 1. The zero-order valence-electron chi connectivity index (χ0n) is 9.84. The Morgan fingerprint density at radius 1 is 1.50 bits per heavy atom. The molecule has 0 aromatic carbocycles. The summed E-state index contributed by atoms with van der Waals surface area (Å²) in [6, 6.07) is 3.79. The van der Waals surface area contributed by atoms with Crippen molar-refractivity contribution in [2.24, 2.45) is 5.73 Å². The second-order valence-corrected chi connectivity index (χ2v) is 4.96. The van der Waals surface area contributed by atoms with Gasteiger partial charge in [-0.3, -0.25) is 4.79 Å². The standard InChI is InChI=1S/C11H18N2OS.ClH/c1-8(2)13(11(14)9(3)12)7-10-5-4-6-15-10;/h4-6,8-9H,7,12H2,1-3H3;1H/t9-;/m1./s1. The van der Waals surface area contributed by atoms with Gasteiger partial charge in [0.1, 0.15) is 0 Å². The van der Waals surface area contributed by atoms with Crippen LogP contribution < -0.4 is 5.73 Å². The van der Waals surface area contributed by atoms with Gasteiger partial charge in [0.2, 0.25) is 5.91 Å². The van der Waals surface area contributed by atoms with Crippen LogP contribution in [0.1, 0.15) is 25.6 Å². The summed E-state index contributed by atoms with van der Waals surface area (Å²) in [5.41, 5.74) is 5.62. The lowest BCUT2D eigenvalue weighted by atomic mass is 10.2. The fraction of sp³-hybridized carbons (Fsp3) is 0.545. The number of hydrogen-bond acceptors (Lipinski definition) is 3. The van der Waals surface area contributed by atoms with E-state index in [1.807, 2.05) is 36.3 Å². The van der Waals surface area contributed by atoms with Crippen molar-refractivity contribution in [3.8, 4) is 0 Å². The molecule has 0 spiro atoms. The Bertz CT molecular complexity index is 312. The Balaban J connectivity index is 0.00000225. The summed E-state index contributed by atoms with van der Waals surface area (Å²) < 4.78 is 0. The van der Waals surface area contributed by atoms with Gasteiger partial charge in [0.25, 0.3) is 0 Å². The number of amides is 1. The number of thiophene rings is 1. The van der Waals surface area contributed by atoms with E-state index >= 15 is 0 Å². The minimum atomic E-state index is -0.424. The molecule has 16 heavy (non-hydrogen) atoms. The average molecular weight is 263 g/mol. The van der Waals surface area contributed by atoms with Crippen molar-refractivity contribution < 1.29 is 4.79 Å². The molecule has 92 valence electrons. The van der Waals surface area contributed by atoms with Gasteiger partial charge < -0.3 is 10.6 Å². The van der Waals surface area contributed by atoms with Crippen LogP contribution in [0.15, 0.2) is 17.5 Å². The number of rotatable bonds is 4. The monoisotopic (exact) mass is 262 g/mol. The van der Waals surface area contributed by atoms with E-state index in [2.05, 4.69) is 0 Å². The summed E-state index contributed by atoms with van der Waals surface area (Å²) in [6.45, 7) is 6.41. The fourth-order valence-corrected chi connectivity index (χ4v) is 2.05. The topological polar surface area (TPSA) is 46.3 Å². The zero-order valence-corrected chi connectivity index (χ0v) is 11.5. The first-order valence-corrected chi connectivity index (χ1v) is 5.98. The third-order valence-corrected chi connectivity index (χ3v) is 3.06. The predicted octanol–water partition coefficient (Wildman–Crippen LogP) is 2.25. The van der Waals surface area contributed by atoms with E-state index in [0.29, 0.717) is 6.54 Å². The third-order valence-electron chi connectivity index (χ3n) is 2.20. The first-order valence-electron chi connectivity index (χ1n) is 5.10. The molecule has 1 aromatic heterocycles. The molecule has 0 unspecified atom stereocenters. The summed E-state index contributed by atoms with van der Waals surface area (Å²) in [4.78, 5) is 14.8. The maximum Gasteiger partial charge on any atom is 0.239 e. The lowest BCUT2D eigenvalue weighted by Gasteiger charge is -2.27. The second-order valence-electron chi connectivity index (χ2n) is 3.93. The number of halogens is 1. The highest BCUT2D eigenvalue weighted by molar-refractivity contribution is 7.09. The molecule has 0 fully saturated rings. The van der Waals surface area contributed by atoms with E-state index in [1.165, 1.54) is 4.88 Å². The Labute approximate surface area is 107 Å². The lowest BCUT2D eigenvalue weighted by molar-refractivity contribution is -0.134. The van der Waals surface area contributed by atoms with E-state index in [9.17, 15) is 4.79 Å². The number of carbonyl (C=O) groups excluding carboxylic acids is 1. The Morgan fingerprint density at radius 3 is 2.50 bits per heavy atom. The summed E-state index contributed by atoms with van der Waals surface area (Å²) >= 11 is 1.66. The molecule has 0 bridgehead atoms. The van der Waals surface area contributed by atoms with Crippen molar-refractivity contribution in [1.82, 2.24) is 4.90 Å². The van der Waals surface area contributed by atoms with Crippen molar-refractivity contribution >= 4 is 29.7 Å². The maximum absolute atomic E-state index is 11.8. The first kappa shape index (κ1) is 15.4. The van der Waals surface area contributed by atoms with E-state index in [1.54, 1.807) is 18.3 Å². The first-order chi connectivity index (χ1) is 7.02. The molecule has 0 aliphatic carbocycles. The van der Waals surface area contributed by atoms with Gasteiger partial charge in [-0.2, -0.15) is 0 Å². The molecule has 0 aliphatic rings. The van der Waals surface area contributed by atoms with E-state index in [4.69, 9.17) is 5.73 Å². The fourth-order valence-electron chi connectivity index (χ4n) is 1.35. The zero-order chi connectivity index (χ0) is 11.4. The smallest absolute Gasteiger partial charge is 0.239 e. The molecule has 0 radical (unpaired) electrons. The predicted molar refractivity (Wildman–Crippen MR) is 70.9 cm³/mol. The van der Waals surface area contributed by atoms with Crippen LogP contribution in [0.25, 0.3) is 0 Å². The molecule has 0 saturated carbocycles. The maximum atomic E-state index is 11.8. The van der Waals surface area contributed by atoms with Gasteiger partial charge in [-0.05, 0) is 32.2 Å².